The number of rotatable bonds is 2. The third-order valence-electron chi connectivity index (χ3n) is 6.05. The quantitative estimate of drug-likeness (QED) is 0.308. The highest BCUT2D eigenvalue weighted by Crippen LogP contribution is 2.41. The monoisotopic (exact) mass is 376 g/mol. The molecule has 1 nitrogen and oxygen atoms in total. The van der Waals surface area contributed by atoms with E-state index in [2.05, 4.69) is 6.92 Å². The Balaban J connectivity index is 0.000000532. The summed E-state index contributed by atoms with van der Waals surface area (Å²) in [6.07, 6.45) is 9.22. The van der Waals surface area contributed by atoms with Gasteiger partial charge in [-0.15, -0.1) is 0 Å². The van der Waals surface area contributed by atoms with E-state index in [-0.39, 0.29) is 14.3 Å². The van der Waals surface area contributed by atoms with E-state index in [0.717, 1.165) is 49.5 Å². The molecule has 0 spiro atoms. The molecule has 2 fully saturated rings. The first-order valence-corrected chi connectivity index (χ1v) is 9.59. The first-order chi connectivity index (χ1) is 12.3. The summed E-state index contributed by atoms with van der Waals surface area (Å²) in [4.78, 5) is 10.7. The van der Waals surface area contributed by atoms with E-state index in [1.54, 1.807) is 0 Å². The van der Waals surface area contributed by atoms with Crippen molar-refractivity contribution < 1.29 is 25.2 Å². The highest BCUT2D eigenvalue weighted by atomic mass is 19.2. The van der Waals surface area contributed by atoms with Gasteiger partial charge in [-0.05, 0) is 74.8 Å². The number of carbonyl (C=O) groups is 1. The molecule has 0 radical (unpaired) electrons. The minimum Gasteiger partial charge on any atom is -0.261 e. The van der Waals surface area contributed by atoms with Gasteiger partial charge in [0.15, 0.2) is 17.5 Å². The highest BCUT2D eigenvalue weighted by Gasteiger charge is 2.32. The maximum atomic E-state index is 12.6. The van der Waals surface area contributed by atoms with Crippen molar-refractivity contribution in [2.24, 2.45) is 23.7 Å². The van der Waals surface area contributed by atoms with Crippen LogP contribution in [0.15, 0.2) is 12.1 Å². The molecule has 2 aliphatic rings. The van der Waals surface area contributed by atoms with E-state index < -0.39 is 23.5 Å². The van der Waals surface area contributed by atoms with Crippen LogP contribution in [-0.2, 0) is 4.79 Å². The van der Waals surface area contributed by atoms with Gasteiger partial charge in [0.2, 0.25) is 0 Å². The zero-order valence-electron chi connectivity index (χ0n) is 15.5. The largest absolute Gasteiger partial charge is 0.304 e. The van der Waals surface area contributed by atoms with E-state index >= 15 is 0 Å². The van der Waals surface area contributed by atoms with Crippen molar-refractivity contribution in [3.63, 3.8) is 0 Å². The van der Waals surface area contributed by atoms with Crippen LogP contribution < -0.4 is 0 Å². The Hall–Kier alpha value is -1.39. The molecular weight excluding hydrogens is 344 g/mol. The van der Waals surface area contributed by atoms with Crippen molar-refractivity contribution in [1.29, 1.82) is 0 Å². The zero-order valence-corrected chi connectivity index (χ0v) is 15.5. The molecule has 0 bridgehead atoms. The molecule has 0 aromatic heterocycles. The normalized spacial score (nSPS) is 28.8. The fraction of sp³-hybridized carbons (Fsp3) is 0.667. The lowest BCUT2D eigenvalue weighted by molar-refractivity contribution is -0.135. The molecule has 0 atom stereocenters. The molecular formula is C21H32F4O. The Bertz CT molecular complexity index is 584. The van der Waals surface area contributed by atoms with Gasteiger partial charge < -0.3 is 0 Å². The average molecular weight is 376 g/mol. The Kier molecular flexibility index (Phi) is 7.66. The Morgan fingerprint density at radius 1 is 0.885 bits per heavy atom. The Morgan fingerprint density at radius 3 is 1.85 bits per heavy atom. The molecule has 0 amide bonds. The summed E-state index contributed by atoms with van der Waals surface area (Å²) in [5.74, 6) is -1.38. The van der Waals surface area contributed by atoms with Crippen LogP contribution >= 0.6 is 0 Å². The van der Waals surface area contributed by atoms with Gasteiger partial charge in [0, 0.05) is 8.77 Å². The van der Waals surface area contributed by atoms with Gasteiger partial charge in [-0.3, -0.25) is 4.79 Å². The summed E-state index contributed by atoms with van der Waals surface area (Å²) in [5, 5.41) is 0. The van der Waals surface area contributed by atoms with E-state index in [0.29, 0.717) is 0 Å². The first-order valence-electron chi connectivity index (χ1n) is 9.59. The SMILES string of the molecule is CC1CCC(C2CCC(C(=O)F)CC2)CC1.Cc1ccc(F)c(F)c1F.[HH].[HH]. The highest BCUT2D eigenvalue weighted by molar-refractivity contribution is 5.70. The summed E-state index contributed by atoms with van der Waals surface area (Å²) in [6.45, 7) is 3.72. The Morgan fingerprint density at radius 2 is 1.38 bits per heavy atom. The van der Waals surface area contributed by atoms with Crippen LogP contribution in [0.2, 0.25) is 0 Å². The summed E-state index contributed by atoms with van der Waals surface area (Å²) in [6, 6.07) is 1.01. The van der Waals surface area contributed by atoms with Gasteiger partial charge in [-0.2, -0.15) is 4.39 Å². The van der Waals surface area contributed by atoms with Crippen LogP contribution in [0.25, 0.3) is 0 Å². The number of hydrogen-bond donors (Lipinski definition) is 0. The second-order valence-corrected chi connectivity index (χ2v) is 7.93. The summed E-state index contributed by atoms with van der Waals surface area (Å²) >= 11 is 0. The first kappa shape index (κ1) is 20.9. The van der Waals surface area contributed by atoms with Crippen LogP contribution in [0.1, 0.15) is 66.7 Å². The van der Waals surface area contributed by atoms with Crippen LogP contribution in [0.3, 0.4) is 0 Å². The van der Waals surface area contributed by atoms with Crippen molar-refractivity contribution in [3.05, 3.63) is 35.1 Å². The maximum absolute atomic E-state index is 12.6. The van der Waals surface area contributed by atoms with Crippen molar-refractivity contribution in [3.8, 4) is 0 Å². The van der Waals surface area contributed by atoms with Crippen molar-refractivity contribution in [1.82, 2.24) is 0 Å². The molecule has 2 aliphatic carbocycles. The molecule has 5 heteroatoms. The smallest absolute Gasteiger partial charge is 0.261 e. The molecule has 0 heterocycles. The number of benzene rings is 1. The lowest BCUT2D eigenvalue weighted by Crippen LogP contribution is -2.26. The number of carbonyl (C=O) groups excluding carboxylic acids is 1. The van der Waals surface area contributed by atoms with Crippen LogP contribution in [0.5, 0.6) is 0 Å². The van der Waals surface area contributed by atoms with Gasteiger partial charge in [0.25, 0.3) is 0 Å². The molecule has 0 saturated heterocycles. The number of hydrogen-bond acceptors (Lipinski definition) is 1. The lowest BCUT2D eigenvalue weighted by Gasteiger charge is -2.36. The third kappa shape index (κ3) is 5.55. The summed E-state index contributed by atoms with van der Waals surface area (Å²) < 4.78 is 49.3. The molecule has 3 rings (SSSR count). The van der Waals surface area contributed by atoms with E-state index in [1.807, 2.05) is 0 Å². The van der Waals surface area contributed by atoms with Gasteiger partial charge >= 0.3 is 6.04 Å². The summed E-state index contributed by atoms with van der Waals surface area (Å²) in [5.41, 5.74) is 0.110. The minimum absolute atomic E-state index is 0. The van der Waals surface area contributed by atoms with Crippen molar-refractivity contribution in [2.75, 3.05) is 0 Å². The molecule has 2 saturated carbocycles. The summed E-state index contributed by atoms with van der Waals surface area (Å²) in [7, 11) is 0. The van der Waals surface area contributed by atoms with Gasteiger partial charge in [0.1, 0.15) is 0 Å². The molecule has 0 unspecified atom stereocenters. The number of aryl methyl sites for hydroxylation is 1. The van der Waals surface area contributed by atoms with E-state index in [4.69, 9.17) is 0 Å². The molecule has 1 aromatic rings. The fourth-order valence-electron chi connectivity index (χ4n) is 4.20. The predicted molar refractivity (Wildman–Crippen MR) is 98.0 cm³/mol. The maximum Gasteiger partial charge on any atom is 0.304 e. The van der Waals surface area contributed by atoms with Crippen molar-refractivity contribution in [2.45, 2.75) is 65.2 Å². The predicted octanol–water partition coefficient (Wildman–Crippen LogP) is 7.02. The molecule has 150 valence electrons. The second kappa shape index (κ2) is 9.52. The Labute approximate surface area is 156 Å². The topological polar surface area (TPSA) is 17.1 Å². The minimum atomic E-state index is -1.40. The van der Waals surface area contributed by atoms with Gasteiger partial charge in [-0.25, -0.2) is 13.2 Å². The van der Waals surface area contributed by atoms with E-state index in [1.165, 1.54) is 38.7 Å². The van der Waals surface area contributed by atoms with Crippen LogP contribution in [0.4, 0.5) is 17.6 Å². The molecule has 26 heavy (non-hydrogen) atoms. The van der Waals surface area contributed by atoms with Crippen molar-refractivity contribution >= 4 is 6.04 Å². The lowest BCUT2D eigenvalue weighted by atomic mass is 9.69. The molecule has 0 aliphatic heterocycles. The molecule has 0 N–H and O–H groups in total. The molecule has 1 aromatic carbocycles. The second-order valence-electron chi connectivity index (χ2n) is 7.93. The van der Waals surface area contributed by atoms with Gasteiger partial charge in [-0.1, -0.05) is 25.8 Å². The third-order valence-corrected chi connectivity index (χ3v) is 6.05. The van der Waals surface area contributed by atoms with Crippen LogP contribution in [0, 0.1) is 48.0 Å². The van der Waals surface area contributed by atoms with Crippen LogP contribution in [-0.4, -0.2) is 6.04 Å². The standard InChI is InChI=1S/C14H23FO.C7H5F3.2H2/c1-10-2-4-11(5-3-10)12-6-8-13(9-7-12)14(15)16;1-4-2-3-5(8)7(10)6(4)9;;/h10-13H,2-9H2,1H3;2-3H,1H3;2*1H. The zero-order chi connectivity index (χ0) is 19.3. The number of halogens is 4. The average Bonchev–Trinajstić information content (AvgIpc) is 2.64. The van der Waals surface area contributed by atoms with Gasteiger partial charge in [0.05, 0.1) is 0 Å². The fourth-order valence-corrected chi connectivity index (χ4v) is 4.20. The van der Waals surface area contributed by atoms with E-state index in [9.17, 15) is 22.4 Å².